The first-order chi connectivity index (χ1) is 9.02. The lowest BCUT2D eigenvalue weighted by Gasteiger charge is -2.33. The molecule has 19 heavy (non-hydrogen) atoms. The predicted molar refractivity (Wildman–Crippen MR) is 69.6 cm³/mol. The zero-order valence-electron chi connectivity index (χ0n) is 11.7. The lowest BCUT2D eigenvalue weighted by Crippen LogP contribution is -2.48. The van der Waals surface area contributed by atoms with Gasteiger partial charge in [-0.2, -0.15) is 0 Å². The maximum absolute atomic E-state index is 12.5. The second-order valence-electron chi connectivity index (χ2n) is 5.76. The Hall–Kier alpha value is -1.10. The van der Waals surface area contributed by atoms with Crippen LogP contribution in [-0.2, 0) is 14.3 Å². The highest BCUT2D eigenvalue weighted by molar-refractivity contribution is 5.85. The molecule has 5 heteroatoms. The van der Waals surface area contributed by atoms with E-state index in [0.29, 0.717) is 32.0 Å². The van der Waals surface area contributed by atoms with Crippen molar-refractivity contribution in [3.63, 3.8) is 0 Å². The molecule has 0 aromatic carbocycles. The van der Waals surface area contributed by atoms with E-state index < -0.39 is 11.9 Å². The van der Waals surface area contributed by atoms with Crippen LogP contribution in [0, 0.1) is 17.8 Å². The molecule has 4 atom stereocenters. The van der Waals surface area contributed by atoms with Gasteiger partial charge in [0.2, 0.25) is 5.91 Å². The van der Waals surface area contributed by atoms with Gasteiger partial charge < -0.3 is 14.7 Å². The van der Waals surface area contributed by atoms with Crippen molar-refractivity contribution in [2.24, 2.45) is 17.8 Å². The minimum absolute atomic E-state index is 0.0125. The number of aliphatic carboxylic acids is 1. The number of carbonyl (C=O) groups is 2. The Bertz CT molecular complexity index is 357. The average molecular weight is 269 g/mol. The van der Waals surface area contributed by atoms with Crippen LogP contribution in [0.25, 0.3) is 0 Å². The van der Waals surface area contributed by atoms with Gasteiger partial charge in [-0.15, -0.1) is 0 Å². The highest BCUT2D eigenvalue weighted by Crippen LogP contribution is 2.39. The van der Waals surface area contributed by atoms with Gasteiger partial charge in [0.25, 0.3) is 0 Å². The Labute approximate surface area is 113 Å². The van der Waals surface area contributed by atoms with Crippen LogP contribution in [0.5, 0.6) is 0 Å². The summed E-state index contributed by atoms with van der Waals surface area (Å²) >= 11 is 0. The molecule has 2 fully saturated rings. The quantitative estimate of drug-likeness (QED) is 0.840. The van der Waals surface area contributed by atoms with Gasteiger partial charge in [0.1, 0.15) is 0 Å². The molecular weight excluding hydrogens is 246 g/mol. The van der Waals surface area contributed by atoms with E-state index in [2.05, 4.69) is 6.92 Å². The standard InChI is InChI=1S/C14H23NO4/c1-3-10-6-11(12(7-10)14(17)18)13(16)15-4-5-19-9(2)8-15/h9-12H,3-8H2,1-2H3,(H,17,18)/t9?,10?,11-,12+/m0/s1. The Kier molecular flexibility index (Phi) is 4.45. The molecule has 1 saturated carbocycles. The van der Waals surface area contributed by atoms with Crippen molar-refractivity contribution in [2.75, 3.05) is 19.7 Å². The van der Waals surface area contributed by atoms with E-state index >= 15 is 0 Å². The van der Waals surface area contributed by atoms with Crippen molar-refractivity contribution >= 4 is 11.9 Å². The van der Waals surface area contributed by atoms with Crippen molar-refractivity contribution in [3.05, 3.63) is 0 Å². The number of carboxylic acid groups (broad SMARTS) is 1. The highest BCUT2D eigenvalue weighted by Gasteiger charge is 2.44. The minimum atomic E-state index is -0.824. The van der Waals surface area contributed by atoms with Gasteiger partial charge in [-0.25, -0.2) is 0 Å². The number of hydrogen-bond donors (Lipinski definition) is 1. The van der Waals surface area contributed by atoms with E-state index in [4.69, 9.17) is 4.74 Å². The first-order valence-corrected chi connectivity index (χ1v) is 7.16. The molecule has 1 heterocycles. The number of hydrogen-bond acceptors (Lipinski definition) is 3. The fourth-order valence-electron chi connectivity index (χ4n) is 3.28. The van der Waals surface area contributed by atoms with Crippen LogP contribution in [0.1, 0.15) is 33.1 Å². The van der Waals surface area contributed by atoms with Crippen molar-refractivity contribution in [1.82, 2.24) is 4.90 Å². The first-order valence-electron chi connectivity index (χ1n) is 7.16. The lowest BCUT2D eigenvalue weighted by atomic mass is 9.94. The van der Waals surface area contributed by atoms with Crippen LogP contribution in [0.4, 0.5) is 0 Å². The van der Waals surface area contributed by atoms with Crippen molar-refractivity contribution in [1.29, 1.82) is 0 Å². The molecule has 2 unspecified atom stereocenters. The van der Waals surface area contributed by atoms with Gasteiger partial charge in [0.05, 0.1) is 24.5 Å². The zero-order chi connectivity index (χ0) is 14.0. The van der Waals surface area contributed by atoms with Crippen LogP contribution in [0.2, 0.25) is 0 Å². The summed E-state index contributed by atoms with van der Waals surface area (Å²) in [5.74, 6) is -1.29. The van der Waals surface area contributed by atoms with Crippen LogP contribution in [0.15, 0.2) is 0 Å². The van der Waals surface area contributed by atoms with Gasteiger partial charge in [0, 0.05) is 13.1 Å². The van der Waals surface area contributed by atoms with E-state index in [-0.39, 0.29) is 17.9 Å². The number of amides is 1. The first kappa shape index (κ1) is 14.3. The van der Waals surface area contributed by atoms with Crippen molar-refractivity contribution < 1.29 is 19.4 Å². The normalized spacial score (nSPS) is 35.4. The summed E-state index contributed by atoms with van der Waals surface area (Å²) < 4.78 is 5.43. The Morgan fingerprint density at radius 3 is 2.58 bits per heavy atom. The summed E-state index contributed by atoms with van der Waals surface area (Å²) in [4.78, 5) is 25.6. The molecule has 1 N–H and O–H groups in total. The molecule has 2 rings (SSSR count). The second-order valence-corrected chi connectivity index (χ2v) is 5.76. The van der Waals surface area contributed by atoms with Gasteiger partial charge in [-0.1, -0.05) is 13.3 Å². The predicted octanol–water partition coefficient (Wildman–Crippen LogP) is 1.37. The molecule has 0 aromatic heterocycles. The molecular formula is C14H23NO4. The number of nitrogens with zero attached hydrogens (tertiary/aromatic N) is 1. The van der Waals surface area contributed by atoms with Crippen LogP contribution in [0.3, 0.4) is 0 Å². The largest absolute Gasteiger partial charge is 0.481 e. The highest BCUT2D eigenvalue weighted by atomic mass is 16.5. The SMILES string of the molecule is CCC1C[C@H](C(=O)N2CCOC(C)C2)[C@H](C(=O)O)C1. The number of ether oxygens (including phenoxy) is 1. The average Bonchev–Trinajstić information content (AvgIpc) is 2.82. The Morgan fingerprint density at radius 2 is 2.00 bits per heavy atom. The third-order valence-electron chi connectivity index (χ3n) is 4.42. The Morgan fingerprint density at radius 1 is 1.32 bits per heavy atom. The molecule has 108 valence electrons. The summed E-state index contributed by atoms with van der Waals surface area (Å²) in [5, 5.41) is 9.30. The lowest BCUT2D eigenvalue weighted by molar-refractivity contribution is -0.152. The molecule has 0 bridgehead atoms. The topological polar surface area (TPSA) is 66.8 Å². The second kappa shape index (κ2) is 5.90. The maximum Gasteiger partial charge on any atom is 0.307 e. The van der Waals surface area contributed by atoms with Gasteiger partial charge >= 0.3 is 5.97 Å². The van der Waals surface area contributed by atoms with Gasteiger partial charge in [-0.05, 0) is 25.7 Å². The molecule has 2 aliphatic rings. The summed E-state index contributed by atoms with van der Waals surface area (Å²) in [7, 11) is 0. The molecule has 1 aliphatic carbocycles. The van der Waals surface area contributed by atoms with E-state index in [1.807, 2.05) is 6.92 Å². The smallest absolute Gasteiger partial charge is 0.307 e. The van der Waals surface area contributed by atoms with Crippen molar-refractivity contribution in [3.8, 4) is 0 Å². The van der Waals surface area contributed by atoms with Crippen molar-refractivity contribution in [2.45, 2.75) is 39.2 Å². The zero-order valence-corrected chi connectivity index (χ0v) is 11.7. The molecule has 0 radical (unpaired) electrons. The van der Waals surface area contributed by atoms with Gasteiger partial charge in [-0.3, -0.25) is 9.59 Å². The van der Waals surface area contributed by atoms with Crippen LogP contribution >= 0.6 is 0 Å². The fraction of sp³-hybridized carbons (Fsp3) is 0.857. The molecule has 0 spiro atoms. The molecule has 5 nitrogen and oxygen atoms in total. The summed E-state index contributed by atoms with van der Waals surface area (Å²) in [6.07, 6.45) is 2.36. The maximum atomic E-state index is 12.5. The van der Waals surface area contributed by atoms with Crippen LogP contribution < -0.4 is 0 Å². The van der Waals surface area contributed by atoms with E-state index in [0.717, 1.165) is 12.8 Å². The molecule has 0 aromatic rings. The van der Waals surface area contributed by atoms with Crippen LogP contribution in [-0.4, -0.2) is 47.7 Å². The minimum Gasteiger partial charge on any atom is -0.481 e. The number of morpholine rings is 1. The van der Waals surface area contributed by atoms with Gasteiger partial charge in [0.15, 0.2) is 0 Å². The number of carbonyl (C=O) groups excluding carboxylic acids is 1. The van der Waals surface area contributed by atoms with E-state index in [9.17, 15) is 14.7 Å². The number of carboxylic acids is 1. The number of rotatable bonds is 3. The summed E-state index contributed by atoms with van der Waals surface area (Å²) in [6, 6.07) is 0. The summed E-state index contributed by atoms with van der Waals surface area (Å²) in [5.41, 5.74) is 0. The molecule has 1 amide bonds. The third kappa shape index (κ3) is 3.08. The molecule has 1 aliphatic heterocycles. The summed E-state index contributed by atoms with van der Waals surface area (Å²) in [6.45, 7) is 5.72. The fourth-order valence-corrected chi connectivity index (χ4v) is 3.28. The third-order valence-corrected chi connectivity index (χ3v) is 4.42. The Balaban J connectivity index is 2.05. The van der Waals surface area contributed by atoms with E-state index in [1.54, 1.807) is 4.90 Å². The monoisotopic (exact) mass is 269 g/mol. The molecule has 1 saturated heterocycles. The van der Waals surface area contributed by atoms with E-state index in [1.165, 1.54) is 0 Å².